The van der Waals surface area contributed by atoms with E-state index in [2.05, 4.69) is 4.98 Å². The fraction of sp³-hybridized carbons (Fsp3) is 0.143. The second kappa shape index (κ2) is 5.86. The summed E-state index contributed by atoms with van der Waals surface area (Å²) in [5, 5.41) is 18.3. The van der Waals surface area contributed by atoms with Crippen LogP contribution in [0, 0.1) is 0 Å². The maximum atomic E-state index is 11.2. The second-order valence-corrected chi connectivity index (χ2v) is 3.95. The van der Waals surface area contributed by atoms with Crippen LogP contribution < -0.4 is 4.74 Å². The Morgan fingerprint density at radius 1 is 1.21 bits per heavy atom. The first-order valence-corrected chi connectivity index (χ1v) is 5.72. The number of phenolic OH excluding ortho intramolecular Hbond substituents is 1. The van der Waals surface area contributed by atoms with Gasteiger partial charge in [0.1, 0.15) is 24.0 Å². The monoisotopic (exact) mass is 259 g/mol. The Morgan fingerprint density at radius 3 is 2.53 bits per heavy atom. The van der Waals surface area contributed by atoms with Crippen molar-refractivity contribution < 1.29 is 19.7 Å². The van der Waals surface area contributed by atoms with Crippen LogP contribution in [0.25, 0.3) is 0 Å². The molecule has 0 saturated carbocycles. The molecule has 2 rings (SSSR count). The Labute approximate surface area is 110 Å². The molecule has 1 atom stereocenters. The van der Waals surface area contributed by atoms with E-state index in [0.717, 1.165) is 0 Å². The number of ether oxygens (including phenoxy) is 1. The first-order chi connectivity index (χ1) is 9.16. The third-order valence-corrected chi connectivity index (χ3v) is 2.60. The lowest BCUT2D eigenvalue weighted by molar-refractivity contribution is -0.139. The van der Waals surface area contributed by atoms with Crippen molar-refractivity contribution in [3.63, 3.8) is 0 Å². The summed E-state index contributed by atoms with van der Waals surface area (Å²) >= 11 is 0. The van der Waals surface area contributed by atoms with Gasteiger partial charge in [-0.3, -0.25) is 9.78 Å². The van der Waals surface area contributed by atoms with Crippen LogP contribution in [-0.4, -0.2) is 27.8 Å². The highest BCUT2D eigenvalue weighted by Gasteiger charge is 2.21. The van der Waals surface area contributed by atoms with Crippen molar-refractivity contribution in [2.75, 3.05) is 6.61 Å². The van der Waals surface area contributed by atoms with Crippen molar-refractivity contribution in [2.24, 2.45) is 0 Å². The molecular weight excluding hydrogens is 246 g/mol. The number of aromatic nitrogens is 1. The van der Waals surface area contributed by atoms with Gasteiger partial charge in [0.25, 0.3) is 0 Å². The minimum atomic E-state index is -0.988. The molecular formula is C14H13NO4. The van der Waals surface area contributed by atoms with Gasteiger partial charge < -0.3 is 14.9 Å². The quantitative estimate of drug-likeness (QED) is 0.858. The second-order valence-electron chi connectivity index (χ2n) is 3.95. The van der Waals surface area contributed by atoms with Crippen molar-refractivity contribution in [3.05, 3.63) is 54.4 Å². The predicted molar refractivity (Wildman–Crippen MR) is 68.2 cm³/mol. The third-order valence-electron chi connectivity index (χ3n) is 2.60. The molecule has 0 amide bonds. The summed E-state index contributed by atoms with van der Waals surface area (Å²) in [5.41, 5.74) is 0.453. The van der Waals surface area contributed by atoms with Crippen molar-refractivity contribution in [2.45, 2.75) is 5.92 Å². The molecule has 1 aromatic heterocycles. The van der Waals surface area contributed by atoms with Crippen LogP contribution in [0.15, 0.2) is 48.7 Å². The molecule has 1 aromatic carbocycles. The van der Waals surface area contributed by atoms with E-state index in [0.29, 0.717) is 11.4 Å². The van der Waals surface area contributed by atoms with Crippen LogP contribution in [0.1, 0.15) is 11.6 Å². The zero-order valence-electron chi connectivity index (χ0n) is 10.1. The van der Waals surface area contributed by atoms with E-state index in [9.17, 15) is 9.90 Å². The summed E-state index contributed by atoms with van der Waals surface area (Å²) in [6.07, 6.45) is 1.55. The highest BCUT2D eigenvalue weighted by molar-refractivity contribution is 5.75. The molecule has 1 unspecified atom stereocenters. The van der Waals surface area contributed by atoms with Crippen LogP contribution in [-0.2, 0) is 4.79 Å². The third kappa shape index (κ3) is 3.45. The molecule has 0 spiro atoms. The van der Waals surface area contributed by atoms with Gasteiger partial charge in [0.2, 0.25) is 0 Å². The van der Waals surface area contributed by atoms with Crippen molar-refractivity contribution >= 4 is 5.97 Å². The van der Waals surface area contributed by atoms with Gasteiger partial charge in [-0.25, -0.2) is 0 Å². The minimum Gasteiger partial charge on any atom is -0.508 e. The Bertz CT molecular complexity index is 539. The van der Waals surface area contributed by atoms with Gasteiger partial charge in [-0.1, -0.05) is 6.07 Å². The summed E-state index contributed by atoms with van der Waals surface area (Å²) in [4.78, 5) is 15.2. The highest BCUT2D eigenvalue weighted by atomic mass is 16.5. The van der Waals surface area contributed by atoms with E-state index in [4.69, 9.17) is 9.84 Å². The van der Waals surface area contributed by atoms with Crippen molar-refractivity contribution in [3.8, 4) is 11.5 Å². The van der Waals surface area contributed by atoms with E-state index >= 15 is 0 Å². The van der Waals surface area contributed by atoms with Gasteiger partial charge in [0, 0.05) is 6.20 Å². The number of phenols is 1. The number of hydrogen-bond donors (Lipinski definition) is 2. The average Bonchev–Trinajstić information content (AvgIpc) is 2.42. The maximum absolute atomic E-state index is 11.2. The van der Waals surface area contributed by atoms with Crippen LogP contribution in [0.4, 0.5) is 0 Å². The van der Waals surface area contributed by atoms with Gasteiger partial charge in [-0.15, -0.1) is 0 Å². The molecule has 1 heterocycles. The number of pyridine rings is 1. The Kier molecular flexibility index (Phi) is 3.97. The van der Waals surface area contributed by atoms with Crippen LogP contribution in [0.3, 0.4) is 0 Å². The van der Waals surface area contributed by atoms with E-state index in [-0.39, 0.29) is 12.4 Å². The zero-order valence-corrected chi connectivity index (χ0v) is 10.1. The summed E-state index contributed by atoms with van der Waals surface area (Å²) in [7, 11) is 0. The lowest BCUT2D eigenvalue weighted by atomic mass is 10.1. The van der Waals surface area contributed by atoms with Gasteiger partial charge >= 0.3 is 5.97 Å². The normalized spacial score (nSPS) is 11.8. The van der Waals surface area contributed by atoms with Gasteiger partial charge in [0.15, 0.2) is 0 Å². The molecule has 19 heavy (non-hydrogen) atoms. The van der Waals surface area contributed by atoms with Crippen LogP contribution in [0.5, 0.6) is 11.5 Å². The zero-order chi connectivity index (χ0) is 13.7. The number of nitrogens with zero attached hydrogens (tertiary/aromatic N) is 1. The number of rotatable bonds is 5. The Balaban J connectivity index is 2.06. The molecule has 5 nitrogen and oxygen atoms in total. The van der Waals surface area contributed by atoms with Crippen LogP contribution >= 0.6 is 0 Å². The van der Waals surface area contributed by atoms with Crippen molar-refractivity contribution in [1.82, 2.24) is 4.98 Å². The number of hydrogen-bond acceptors (Lipinski definition) is 4. The highest BCUT2D eigenvalue weighted by Crippen LogP contribution is 2.19. The van der Waals surface area contributed by atoms with E-state index in [1.54, 1.807) is 36.5 Å². The predicted octanol–water partition coefficient (Wildman–Crippen LogP) is 2.03. The summed E-state index contributed by atoms with van der Waals surface area (Å²) in [5.74, 6) is -1.18. The van der Waals surface area contributed by atoms with E-state index in [1.165, 1.54) is 12.1 Å². The number of carbonyl (C=O) groups is 1. The first kappa shape index (κ1) is 12.9. The number of carboxylic acid groups (broad SMARTS) is 1. The minimum absolute atomic E-state index is 0.0167. The van der Waals surface area contributed by atoms with E-state index < -0.39 is 11.9 Å². The van der Waals surface area contributed by atoms with Crippen LogP contribution in [0.2, 0.25) is 0 Å². The average molecular weight is 259 g/mol. The smallest absolute Gasteiger partial charge is 0.316 e. The van der Waals surface area contributed by atoms with Gasteiger partial charge in [0.05, 0.1) is 5.69 Å². The Hall–Kier alpha value is -2.56. The number of benzene rings is 1. The number of aliphatic carboxylic acids is 1. The fourth-order valence-corrected chi connectivity index (χ4v) is 1.59. The molecule has 2 aromatic rings. The molecule has 0 fully saturated rings. The molecule has 98 valence electrons. The molecule has 0 aliphatic rings. The Morgan fingerprint density at radius 2 is 1.95 bits per heavy atom. The van der Waals surface area contributed by atoms with Gasteiger partial charge in [-0.2, -0.15) is 0 Å². The maximum Gasteiger partial charge on any atom is 0.316 e. The summed E-state index contributed by atoms with van der Waals surface area (Å²) in [6.45, 7) is -0.0167. The molecule has 5 heteroatoms. The van der Waals surface area contributed by atoms with Crippen molar-refractivity contribution in [1.29, 1.82) is 0 Å². The molecule has 2 N–H and O–H groups in total. The number of aromatic hydroxyl groups is 1. The lowest BCUT2D eigenvalue weighted by Crippen LogP contribution is -2.20. The molecule has 0 aliphatic heterocycles. The lowest BCUT2D eigenvalue weighted by Gasteiger charge is -2.13. The first-order valence-electron chi connectivity index (χ1n) is 5.72. The molecule has 0 saturated heterocycles. The molecule has 0 bridgehead atoms. The number of carboxylic acids is 1. The summed E-state index contributed by atoms with van der Waals surface area (Å²) < 4.78 is 5.41. The fourth-order valence-electron chi connectivity index (χ4n) is 1.59. The molecule has 0 radical (unpaired) electrons. The van der Waals surface area contributed by atoms with Gasteiger partial charge in [-0.05, 0) is 36.4 Å². The SMILES string of the molecule is O=C(O)C(COc1ccc(O)cc1)c1ccccn1. The standard InChI is InChI=1S/C14H13NO4/c16-10-4-6-11(7-5-10)19-9-12(14(17)18)13-3-1-2-8-15-13/h1-8,12,16H,9H2,(H,17,18). The topological polar surface area (TPSA) is 79.7 Å². The van der Waals surface area contributed by atoms with E-state index in [1.807, 2.05) is 0 Å². The molecule has 0 aliphatic carbocycles. The summed E-state index contributed by atoms with van der Waals surface area (Å²) in [6, 6.07) is 11.2. The largest absolute Gasteiger partial charge is 0.508 e.